The number of nitrogens with zero attached hydrogens (tertiary/aromatic N) is 1. The van der Waals surface area contributed by atoms with Crippen LogP contribution in [0, 0.1) is 35.6 Å². The molecule has 2 rings (SSSR count). The molecule has 0 saturated heterocycles. The summed E-state index contributed by atoms with van der Waals surface area (Å²) in [6, 6.07) is 0. The molecular formula is C15H22NOPY2-2. The van der Waals surface area contributed by atoms with Gasteiger partial charge in [-0.05, 0) is 55.5 Å². The minimum absolute atomic E-state index is 0. The number of aliphatic imine (C=N–C) groups is 1. The van der Waals surface area contributed by atoms with E-state index in [1.807, 2.05) is 0 Å². The van der Waals surface area contributed by atoms with Crippen molar-refractivity contribution in [1.82, 2.24) is 0 Å². The maximum Gasteiger partial charge on any atom is 0.160 e. The van der Waals surface area contributed by atoms with Gasteiger partial charge in [0.1, 0.15) is 0 Å². The first-order valence-corrected chi connectivity index (χ1v) is 6.50. The minimum Gasteiger partial charge on any atom is -0.358 e. The third-order valence-electron chi connectivity index (χ3n) is 3.56. The van der Waals surface area contributed by atoms with E-state index in [4.69, 9.17) is 0 Å². The van der Waals surface area contributed by atoms with Gasteiger partial charge >= 0.3 is 0 Å². The van der Waals surface area contributed by atoms with Crippen LogP contribution in [0.4, 0.5) is 5.69 Å². The summed E-state index contributed by atoms with van der Waals surface area (Å²) in [5.74, 6) is 0. The van der Waals surface area contributed by atoms with Crippen molar-refractivity contribution in [3.63, 3.8) is 0 Å². The molecule has 0 atom stereocenters. The van der Waals surface area contributed by atoms with Crippen LogP contribution >= 0.6 is 8.46 Å². The maximum absolute atomic E-state index is 10.9. The van der Waals surface area contributed by atoms with Crippen molar-refractivity contribution in [3.8, 4) is 0 Å². The van der Waals surface area contributed by atoms with Gasteiger partial charge in [0.2, 0.25) is 0 Å². The summed E-state index contributed by atoms with van der Waals surface area (Å²) < 4.78 is 10.9. The van der Waals surface area contributed by atoms with Gasteiger partial charge in [0.25, 0.3) is 0 Å². The van der Waals surface area contributed by atoms with Gasteiger partial charge in [-0.15, -0.1) is 0 Å². The van der Waals surface area contributed by atoms with Crippen molar-refractivity contribution in [3.05, 3.63) is 42.7 Å². The maximum atomic E-state index is 10.9. The molecular weight excluding hydrogens is 419 g/mol. The fourth-order valence-electron chi connectivity index (χ4n) is 2.37. The molecule has 0 fully saturated rings. The first-order valence-electron chi connectivity index (χ1n) is 5.51. The SMILES string of the molecule is CC1=Nc2c(CP=O)c(C)c(C)c(C)c2C1.[CH3-].[CH3-].[Y].[Y]. The van der Waals surface area contributed by atoms with Crippen molar-refractivity contribution < 1.29 is 70.0 Å². The summed E-state index contributed by atoms with van der Waals surface area (Å²) in [5.41, 5.74) is 8.65. The molecule has 0 unspecified atom stereocenters. The van der Waals surface area contributed by atoms with Crippen LogP contribution in [0.5, 0.6) is 0 Å². The predicted octanol–water partition coefficient (Wildman–Crippen LogP) is 4.95. The van der Waals surface area contributed by atoms with E-state index in [2.05, 4.69) is 32.7 Å². The molecule has 106 valence electrons. The van der Waals surface area contributed by atoms with Crippen molar-refractivity contribution in [2.24, 2.45) is 4.99 Å². The second kappa shape index (κ2) is 10.8. The van der Waals surface area contributed by atoms with Crippen LogP contribution in [0.15, 0.2) is 4.99 Å². The van der Waals surface area contributed by atoms with Crippen molar-refractivity contribution in [1.29, 1.82) is 0 Å². The van der Waals surface area contributed by atoms with Crippen LogP contribution in [0.25, 0.3) is 0 Å². The van der Waals surface area contributed by atoms with Gasteiger partial charge in [0, 0.05) is 77.6 Å². The standard InChI is InChI=1S/C13H16NOP.2CH3.2Y/c1-7-5-11-9(3)8(2)10(4)12(6-16-15)13(11)14-7;;;;/h5-6H2,1-4H3;2*1H3;;/q;2*-1;;. The average molecular weight is 441 g/mol. The number of rotatable bonds is 2. The monoisotopic (exact) mass is 441 g/mol. The molecule has 1 aliphatic heterocycles. The molecule has 0 spiro atoms. The average Bonchev–Trinajstić information content (AvgIpc) is 2.63. The Balaban J connectivity index is -0.000000722. The summed E-state index contributed by atoms with van der Waals surface area (Å²) in [6.07, 6.45) is 1.52. The number of fused-ring (bicyclic) bond motifs is 1. The molecule has 20 heavy (non-hydrogen) atoms. The summed E-state index contributed by atoms with van der Waals surface area (Å²) in [7, 11) is 0.176. The van der Waals surface area contributed by atoms with E-state index < -0.39 is 0 Å². The Labute approximate surface area is 176 Å². The smallest absolute Gasteiger partial charge is 0.160 e. The number of hydrogen-bond donors (Lipinski definition) is 0. The molecule has 0 saturated carbocycles. The Morgan fingerprint density at radius 2 is 1.55 bits per heavy atom. The van der Waals surface area contributed by atoms with Gasteiger partial charge in [-0.3, -0.25) is 9.56 Å². The van der Waals surface area contributed by atoms with E-state index in [0.717, 1.165) is 23.4 Å². The van der Waals surface area contributed by atoms with Crippen LogP contribution in [0.2, 0.25) is 0 Å². The molecule has 1 heterocycles. The normalized spacial score (nSPS) is 11.3. The summed E-state index contributed by atoms with van der Waals surface area (Å²) in [5, 5.41) is 0. The Morgan fingerprint density at radius 3 is 2.05 bits per heavy atom. The molecule has 2 radical (unpaired) electrons. The molecule has 5 heteroatoms. The molecule has 2 nitrogen and oxygen atoms in total. The predicted molar refractivity (Wildman–Crippen MR) is 81.3 cm³/mol. The van der Waals surface area contributed by atoms with E-state index in [-0.39, 0.29) is 88.7 Å². The van der Waals surface area contributed by atoms with Gasteiger partial charge in [-0.1, -0.05) is 0 Å². The van der Waals surface area contributed by atoms with Gasteiger partial charge in [-0.2, -0.15) is 0 Å². The molecule has 0 bridgehead atoms. The molecule has 0 amide bonds. The van der Waals surface area contributed by atoms with Gasteiger partial charge in [0.15, 0.2) is 8.46 Å². The van der Waals surface area contributed by atoms with E-state index in [9.17, 15) is 4.57 Å². The minimum atomic E-state index is 0. The quantitative estimate of drug-likeness (QED) is 0.472. The Bertz CT molecular complexity index is 513. The largest absolute Gasteiger partial charge is 0.358 e. The van der Waals surface area contributed by atoms with Crippen LogP contribution < -0.4 is 0 Å². The van der Waals surface area contributed by atoms with E-state index in [1.54, 1.807) is 0 Å². The van der Waals surface area contributed by atoms with Crippen LogP contribution in [0.1, 0.15) is 34.7 Å². The van der Waals surface area contributed by atoms with Crippen LogP contribution in [0.3, 0.4) is 0 Å². The third-order valence-corrected chi connectivity index (χ3v) is 4.01. The van der Waals surface area contributed by atoms with Gasteiger partial charge in [0.05, 0.1) is 11.8 Å². The first kappa shape index (κ1) is 26.1. The second-order valence-electron chi connectivity index (χ2n) is 4.49. The number of benzene rings is 1. The fourth-order valence-corrected chi connectivity index (χ4v) is 2.88. The summed E-state index contributed by atoms with van der Waals surface area (Å²) in [6.45, 7) is 8.47. The van der Waals surface area contributed by atoms with Gasteiger partial charge < -0.3 is 14.9 Å². The Hall–Kier alpha value is 1.20. The van der Waals surface area contributed by atoms with E-state index in [1.165, 1.54) is 22.3 Å². The third kappa shape index (κ3) is 4.85. The fraction of sp³-hybridized carbons (Fsp3) is 0.400. The van der Waals surface area contributed by atoms with Crippen molar-refractivity contribution in [2.45, 2.75) is 40.3 Å². The summed E-state index contributed by atoms with van der Waals surface area (Å²) in [4.78, 5) is 4.61. The summed E-state index contributed by atoms with van der Waals surface area (Å²) >= 11 is 0. The van der Waals surface area contributed by atoms with Gasteiger partial charge in [-0.25, -0.2) is 0 Å². The molecule has 0 aliphatic carbocycles. The van der Waals surface area contributed by atoms with Crippen LogP contribution in [-0.4, -0.2) is 5.71 Å². The van der Waals surface area contributed by atoms with Crippen molar-refractivity contribution >= 4 is 19.9 Å². The van der Waals surface area contributed by atoms with Crippen molar-refractivity contribution in [2.75, 3.05) is 0 Å². The molecule has 1 aromatic carbocycles. The molecule has 1 aliphatic rings. The topological polar surface area (TPSA) is 29.4 Å². The molecule has 0 aromatic heterocycles. The van der Waals surface area contributed by atoms with E-state index >= 15 is 0 Å². The Morgan fingerprint density at radius 1 is 1.00 bits per heavy atom. The first-order chi connectivity index (χ1) is 7.56. The molecule has 0 N–H and O–H groups in total. The zero-order valence-electron chi connectivity index (χ0n) is 13.4. The van der Waals surface area contributed by atoms with E-state index in [0.29, 0.717) is 6.16 Å². The zero-order valence-corrected chi connectivity index (χ0v) is 19.9. The Kier molecular flexibility index (Phi) is 14.2. The molecule has 1 aromatic rings. The zero-order chi connectivity index (χ0) is 11.9. The van der Waals surface area contributed by atoms with Crippen LogP contribution in [-0.2, 0) is 82.6 Å². The second-order valence-corrected chi connectivity index (χ2v) is 5.07. The number of hydrogen-bond acceptors (Lipinski definition) is 2.